The monoisotopic (exact) mass is 378 g/mol. The van der Waals surface area contributed by atoms with Gasteiger partial charge in [0.15, 0.2) is 5.96 Å². The van der Waals surface area contributed by atoms with Crippen LogP contribution in [-0.2, 0) is 4.79 Å². The molecule has 0 spiro atoms. The minimum atomic E-state index is -0.993. The second-order valence-electron chi connectivity index (χ2n) is 7.16. The second kappa shape index (κ2) is 10.3. The smallest absolute Gasteiger partial charge is 0.225 e. The van der Waals surface area contributed by atoms with E-state index in [-0.39, 0.29) is 30.0 Å². The van der Waals surface area contributed by atoms with Crippen LogP contribution >= 0.6 is 0 Å². The first-order chi connectivity index (χ1) is 12.9. The molecule has 1 unspecified atom stereocenters. The van der Waals surface area contributed by atoms with E-state index in [4.69, 9.17) is 0 Å². The second-order valence-corrected chi connectivity index (χ2v) is 7.16. The lowest BCUT2D eigenvalue weighted by Gasteiger charge is -2.34. The van der Waals surface area contributed by atoms with E-state index < -0.39 is 11.9 Å². The zero-order chi connectivity index (χ0) is 19.8. The predicted molar refractivity (Wildman–Crippen MR) is 105 cm³/mol. The molecule has 27 heavy (non-hydrogen) atoms. The maximum Gasteiger partial charge on any atom is 0.225 e. The van der Waals surface area contributed by atoms with Crippen molar-refractivity contribution in [3.63, 3.8) is 0 Å². The minimum Gasteiger partial charge on any atom is -0.386 e. The predicted octanol–water partition coefficient (Wildman–Crippen LogP) is 2.06. The molecule has 1 atom stereocenters. The van der Waals surface area contributed by atoms with E-state index in [1.807, 2.05) is 25.7 Å². The highest BCUT2D eigenvalue weighted by molar-refractivity contribution is 5.80. The van der Waals surface area contributed by atoms with Crippen LogP contribution in [-0.4, -0.2) is 54.1 Å². The fraction of sp³-hybridized carbons (Fsp3) is 0.600. The number of rotatable bonds is 6. The van der Waals surface area contributed by atoms with Crippen LogP contribution in [0.15, 0.2) is 29.3 Å². The summed E-state index contributed by atoms with van der Waals surface area (Å²) in [6.45, 7) is 8.02. The van der Waals surface area contributed by atoms with Crippen LogP contribution < -0.4 is 10.6 Å². The summed E-state index contributed by atoms with van der Waals surface area (Å²) in [6, 6.07) is 6.40. The van der Waals surface area contributed by atoms with Crippen molar-refractivity contribution >= 4 is 11.9 Å². The Morgan fingerprint density at radius 1 is 1.33 bits per heavy atom. The molecule has 0 aliphatic carbocycles. The summed E-state index contributed by atoms with van der Waals surface area (Å²) in [4.78, 5) is 18.4. The van der Waals surface area contributed by atoms with Crippen molar-refractivity contribution in [1.29, 1.82) is 0 Å². The summed E-state index contributed by atoms with van der Waals surface area (Å²) in [7, 11) is 0. The van der Waals surface area contributed by atoms with Crippen molar-refractivity contribution < 1.29 is 14.3 Å². The number of aliphatic imine (C=N–C) groups is 1. The van der Waals surface area contributed by atoms with Crippen LogP contribution in [0.1, 0.15) is 45.3 Å². The van der Waals surface area contributed by atoms with Gasteiger partial charge in [-0.15, -0.1) is 0 Å². The summed E-state index contributed by atoms with van der Waals surface area (Å²) in [5.41, 5.74) is 0.248. The highest BCUT2D eigenvalue weighted by Gasteiger charge is 2.24. The van der Waals surface area contributed by atoms with Crippen molar-refractivity contribution in [2.24, 2.45) is 10.9 Å². The van der Waals surface area contributed by atoms with E-state index in [2.05, 4.69) is 15.6 Å². The van der Waals surface area contributed by atoms with Crippen LogP contribution in [0.3, 0.4) is 0 Å². The molecule has 0 radical (unpaired) electrons. The van der Waals surface area contributed by atoms with E-state index in [0.29, 0.717) is 12.5 Å². The molecule has 6 nitrogen and oxygen atoms in total. The van der Waals surface area contributed by atoms with Crippen molar-refractivity contribution in [1.82, 2.24) is 15.5 Å². The molecule has 150 valence electrons. The number of aliphatic hydroxyl groups excluding tert-OH is 1. The molecule has 1 aliphatic heterocycles. The maximum atomic E-state index is 13.8. The van der Waals surface area contributed by atoms with Crippen molar-refractivity contribution in [2.45, 2.75) is 45.8 Å². The Morgan fingerprint density at radius 2 is 2.00 bits per heavy atom. The number of amides is 1. The Morgan fingerprint density at radius 3 is 2.59 bits per heavy atom. The van der Waals surface area contributed by atoms with Gasteiger partial charge in [-0.05, 0) is 25.8 Å². The number of hydrogen-bond acceptors (Lipinski definition) is 3. The van der Waals surface area contributed by atoms with Gasteiger partial charge in [0.2, 0.25) is 5.91 Å². The van der Waals surface area contributed by atoms with Crippen LogP contribution in [0.2, 0.25) is 0 Å². The largest absolute Gasteiger partial charge is 0.386 e. The fourth-order valence-electron chi connectivity index (χ4n) is 3.14. The van der Waals surface area contributed by atoms with Gasteiger partial charge < -0.3 is 20.6 Å². The molecule has 1 saturated heterocycles. The Kier molecular flexibility index (Phi) is 8.03. The number of carbonyl (C=O) groups excluding carboxylic acids is 1. The average molecular weight is 378 g/mol. The molecule has 1 aromatic rings. The molecular formula is C20H31FN4O2. The third-order valence-corrected chi connectivity index (χ3v) is 4.67. The highest BCUT2D eigenvalue weighted by atomic mass is 19.1. The third-order valence-electron chi connectivity index (χ3n) is 4.67. The first kappa shape index (κ1) is 21.2. The van der Waals surface area contributed by atoms with E-state index >= 15 is 0 Å². The number of benzene rings is 1. The quantitative estimate of drug-likeness (QED) is 0.523. The molecule has 3 N–H and O–H groups in total. The van der Waals surface area contributed by atoms with Gasteiger partial charge in [-0.25, -0.2) is 4.39 Å². The Hall–Kier alpha value is -2.15. The van der Waals surface area contributed by atoms with Gasteiger partial charge in [0.1, 0.15) is 11.9 Å². The SMILES string of the molecule is CCNC(=NCC(O)c1ccccc1F)NC1CCN(C(=O)C(C)C)CC1. The van der Waals surface area contributed by atoms with Crippen LogP contribution in [0.5, 0.6) is 0 Å². The standard InChI is InChI=1S/C20H31FN4O2/c1-4-22-20(23-13-18(26)16-7-5-6-8-17(16)21)24-15-9-11-25(12-10-15)19(27)14(2)3/h5-8,14-15,18,26H,4,9-13H2,1-3H3,(H2,22,23,24). The average Bonchev–Trinajstić information content (AvgIpc) is 2.66. The van der Waals surface area contributed by atoms with Crippen molar-refractivity contribution in [3.8, 4) is 0 Å². The van der Waals surface area contributed by atoms with E-state index in [1.165, 1.54) is 6.07 Å². The molecule has 1 heterocycles. The number of carbonyl (C=O) groups is 1. The number of piperidine rings is 1. The fourth-order valence-corrected chi connectivity index (χ4v) is 3.14. The van der Waals surface area contributed by atoms with Crippen LogP contribution in [0.4, 0.5) is 4.39 Å². The first-order valence-corrected chi connectivity index (χ1v) is 9.68. The Bertz CT molecular complexity index is 643. The number of guanidine groups is 1. The van der Waals surface area contributed by atoms with Crippen LogP contribution in [0.25, 0.3) is 0 Å². The van der Waals surface area contributed by atoms with Crippen molar-refractivity contribution in [3.05, 3.63) is 35.6 Å². The summed E-state index contributed by atoms with van der Waals surface area (Å²) in [6.07, 6.45) is 0.699. The maximum absolute atomic E-state index is 13.8. The number of nitrogens with one attached hydrogen (secondary N) is 2. The lowest BCUT2D eigenvalue weighted by Crippen LogP contribution is -2.50. The first-order valence-electron chi connectivity index (χ1n) is 9.68. The number of aliphatic hydroxyl groups is 1. The third kappa shape index (κ3) is 6.20. The summed E-state index contributed by atoms with van der Waals surface area (Å²) >= 11 is 0. The molecule has 1 aliphatic rings. The van der Waals surface area contributed by atoms with E-state index in [1.54, 1.807) is 18.2 Å². The van der Waals surface area contributed by atoms with Gasteiger partial charge in [0.05, 0.1) is 6.54 Å². The molecule has 2 rings (SSSR count). The number of hydrogen-bond donors (Lipinski definition) is 3. The zero-order valence-corrected chi connectivity index (χ0v) is 16.4. The zero-order valence-electron chi connectivity index (χ0n) is 16.4. The summed E-state index contributed by atoms with van der Waals surface area (Å²) in [5.74, 6) is 0.386. The van der Waals surface area contributed by atoms with Gasteiger partial charge in [-0.1, -0.05) is 32.0 Å². The summed E-state index contributed by atoms with van der Waals surface area (Å²) < 4.78 is 13.8. The van der Waals surface area contributed by atoms with Gasteiger partial charge in [-0.3, -0.25) is 9.79 Å². The number of halogens is 1. The molecule has 0 aromatic heterocycles. The minimum absolute atomic E-state index is 0.0215. The van der Waals surface area contributed by atoms with E-state index in [0.717, 1.165) is 25.9 Å². The molecule has 1 amide bonds. The lowest BCUT2D eigenvalue weighted by atomic mass is 10.0. The van der Waals surface area contributed by atoms with Gasteiger partial charge in [0.25, 0.3) is 0 Å². The van der Waals surface area contributed by atoms with E-state index in [9.17, 15) is 14.3 Å². The van der Waals surface area contributed by atoms with Gasteiger partial charge in [0, 0.05) is 37.2 Å². The molecular weight excluding hydrogens is 347 g/mol. The summed E-state index contributed by atoms with van der Waals surface area (Å²) in [5, 5.41) is 16.7. The molecule has 0 saturated carbocycles. The van der Waals surface area contributed by atoms with Gasteiger partial charge in [-0.2, -0.15) is 0 Å². The van der Waals surface area contributed by atoms with Gasteiger partial charge >= 0.3 is 0 Å². The Labute approximate surface area is 160 Å². The van der Waals surface area contributed by atoms with Crippen LogP contribution in [0, 0.1) is 11.7 Å². The molecule has 0 bridgehead atoms. The highest BCUT2D eigenvalue weighted by Crippen LogP contribution is 2.17. The number of nitrogens with zero attached hydrogens (tertiary/aromatic N) is 2. The molecule has 1 fully saturated rings. The normalized spacial score (nSPS) is 17.1. The Balaban J connectivity index is 1.91. The van der Waals surface area contributed by atoms with Crippen molar-refractivity contribution in [2.75, 3.05) is 26.2 Å². The number of likely N-dealkylation sites (tertiary alicyclic amines) is 1. The molecule has 1 aromatic carbocycles. The topological polar surface area (TPSA) is 77.0 Å². The molecule has 7 heteroatoms. The lowest BCUT2D eigenvalue weighted by molar-refractivity contribution is -0.135.